The van der Waals surface area contributed by atoms with Gasteiger partial charge in [0.2, 0.25) is 17.6 Å². The molecule has 1 unspecified atom stereocenters. The third-order valence-electron chi connectivity index (χ3n) is 3.12. The number of nitro groups is 1. The van der Waals surface area contributed by atoms with Crippen LogP contribution in [0.5, 0.6) is 0 Å². The molecule has 1 aromatic carbocycles. The molecule has 8 nitrogen and oxygen atoms in total. The monoisotopic (exact) mass is 318 g/mol. The molecule has 1 amide bonds. The van der Waals surface area contributed by atoms with E-state index in [1.807, 2.05) is 13.8 Å². The summed E-state index contributed by atoms with van der Waals surface area (Å²) in [5.41, 5.74) is 0.595. The first-order valence-corrected chi connectivity index (χ1v) is 7.24. The van der Waals surface area contributed by atoms with Crippen LogP contribution in [0.15, 0.2) is 28.8 Å². The van der Waals surface area contributed by atoms with Crippen molar-refractivity contribution in [1.82, 2.24) is 15.5 Å². The van der Waals surface area contributed by atoms with Crippen molar-refractivity contribution in [3.8, 4) is 11.4 Å². The Bertz CT molecular complexity index is 694. The minimum absolute atomic E-state index is 0.00761. The lowest BCUT2D eigenvalue weighted by atomic mass is 10.1. The van der Waals surface area contributed by atoms with E-state index in [0.29, 0.717) is 17.8 Å². The number of benzene rings is 1. The SMILES string of the molecule is CC(C)CC(=O)NC(C)c1nc(-c2ccc([N+](=O)[O-])cc2)no1. The van der Waals surface area contributed by atoms with Crippen LogP contribution in [0.3, 0.4) is 0 Å². The van der Waals surface area contributed by atoms with E-state index < -0.39 is 11.0 Å². The van der Waals surface area contributed by atoms with Crippen molar-refractivity contribution in [3.05, 3.63) is 40.3 Å². The van der Waals surface area contributed by atoms with E-state index >= 15 is 0 Å². The first-order chi connectivity index (χ1) is 10.9. The molecule has 0 aliphatic carbocycles. The van der Waals surface area contributed by atoms with Gasteiger partial charge in [0, 0.05) is 24.1 Å². The molecule has 0 bridgehead atoms. The minimum atomic E-state index is -0.474. The standard InChI is InChI=1S/C15H18N4O4/c1-9(2)8-13(20)16-10(3)15-17-14(18-23-15)11-4-6-12(7-5-11)19(21)22/h4-7,9-10H,8H2,1-3H3,(H,16,20). The molecule has 1 N–H and O–H groups in total. The van der Waals surface area contributed by atoms with Gasteiger partial charge < -0.3 is 9.84 Å². The van der Waals surface area contributed by atoms with Crippen LogP contribution in [0.4, 0.5) is 5.69 Å². The number of nitro benzene ring substituents is 1. The van der Waals surface area contributed by atoms with Crippen molar-refractivity contribution in [2.24, 2.45) is 5.92 Å². The molecular weight excluding hydrogens is 300 g/mol. The lowest BCUT2D eigenvalue weighted by Crippen LogP contribution is -2.27. The zero-order valence-corrected chi connectivity index (χ0v) is 13.1. The number of hydrogen-bond acceptors (Lipinski definition) is 6. The molecule has 8 heteroatoms. The van der Waals surface area contributed by atoms with Crippen molar-refractivity contribution < 1.29 is 14.2 Å². The highest BCUT2D eigenvalue weighted by molar-refractivity contribution is 5.76. The Balaban J connectivity index is 2.07. The Kier molecular flexibility index (Phi) is 5.05. The summed E-state index contributed by atoms with van der Waals surface area (Å²) >= 11 is 0. The summed E-state index contributed by atoms with van der Waals surface area (Å²) in [7, 11) is 0. The van der Waals surface area contributed by atoms with E-state index in [2.05, 4.69) is 15.5 Å². The van der Waals surface area contributed by atoms with Gasteiger partial charge in [-0.2, -0.15) is 4.98 Å². The minimum Gasteiger partial charge on any atom is -0.345 e. The van der Waals surface area contributed by atoms with E-state index in [0.717, 1.165) is 0 Å². The second-order valence-corrected chi connectivity index (χ2v) is 5.65. The largest absolute Gasteiger partial charge is 0.345 e. The Labute approximate surface area is 133 Å². The molecule has 2 aromatic rings. The van der Waals surface area contributed by atoms with Gasteiger partial charge in [-0.15, -0.1) is 0 Å². The number of nitrogens with zero attached hydrogens (tertiary/aromatic N) is 3. The average Bonchev–Trinajstić information content (AvgIpc) is 2.96. The number of aromatic nitrogens is 2. The summed E-state index contributed by atoms with van der Waals surface area (Å²) in [6.07, 6.45) is 0.424. The van der Waals surface area contributed by atoms with E-state index in [9.17, 15) is 14.9 Å². The number of amides is 1. The summed E-state index contributed by atoms with van der Waals surface area (Å²) in [5, 5.41) is 17.3. The molecular formula is C15H18N4O4. The summed E-state index contributed by atoms with van der Waals surface area (Å²) < 4.78 is 5.15. The summed E-state index contributed by atoms with van der Waals surface area (Å²) in [6.45, 7) is 5.68. The maximum Gasteiger partial charge on any atom is 0.269 e. The lowest BCUT2D eigenvalue weighted by molar-refractivity contribution is -0.384. The molecule has 0 aliphatic heterocycles. The van der Waals surface area contributed by atoms with Crippen molar-refractivity contribution >= 4 is 11.6 Å². The van der Waals surface area contributed by atoms with E-state index in [1.54, 1.807) is 19.1 Å². The van der Waals surface area contributed by atoms with Crippen LogP contribution in [0.25, 0.3) is 11.4 Å². The number of non-ortho nitro benzene ring substituents is 1. The van der Waals surface area contributed by atoms with Crippen molar-refractivity contribution in [3.63, 3.8) is 0 Å². The van der Waals surface area contributed by atoms with Crippen LogP contribution in [0.1, 0.15) is 39.1 Å². The van der Waals surface area contributed by atoms with Crippen LogP contribution >= 0.6 is 0 Å². The van der Waals surface area contributed by atoms with Gasteiger partial charge in [-0.25, -0.2) is 0 Å². The van der Waals surface area contributed by atoms with Gasteiger partial charge in [0.1, 0.15) is 6.04 Å². The second kappa shape index (κ2) is 6.99. The smallest absolute Gasteiger partial charge is 0.269 e. The van der Waals surface area contributed by atoms with Crippen LogP contribution in [0, 0.1) is 16.0 Å². The van der Waals surface area contributed by atoms with Crippen LogP contribution in [0.2, 0.25) is 0 Å². The Morgan fingerprint density at radius 2 is 1.96 bits per heavy atom. The van der Waals surface area contributed by atoms with Gasteiger partial charge in [0.15, 0.2) is 0 Å². The first kappa shape index (κ1) is 16.6. The first-order valence-electron chi connectivity index (χ1n) is 7.24. The molecule has 122 valence electrons. The topological polar surface area (TPSA) is 111 Å². The molecule has 0 fully saturated rings. The normalized spacial score (nSPS) is 12.2. The fourth-order valence-electron chi connectivity index (χ4n) is 1.99. The number of carbonyl (C=O) groups is 1. The van der Waals surface area contributed by atoms with Gasteiger partial charge in [0.25, 0.3) is 5.69 Å². The molecule has 2 rings (SSSR count). The molecule has 0 saturated heterocycles. The van der Waals surface area contributed by atoms with E-state index in [4.69, 9.17) is 4.52 Å². The fourth-order valence-corrected chi connectivity index (χ4v) is 1.99. The number of hydrogen-bond donors (Lipinski definition) is 1. The predicted molar refractivity (Wildman–Crippen MR) is 82.4 cm³/mol. The van der Waals surface area contributed by atoms with Crippen molar-refractivity contribution in [2.75, 3.05) is 0 Å². The zero-order valence-electron chi connectivity index (χ0n) is 13.1. The fraction of sp³-hybridized carbons (Fsp3) is 0.400. The highest BCUT2D eigenvalue weighted by atomic mass is 16.6. The van der Waals surface area contributed by atoms with E-state index in [-0.39, 0.29) is 23.4 Å². The van der Waals surface area contributed by atoms with Crippen LogP contribution in [-0.4, -0.2) is 21.0 Å². The quantitative estimate of drug-likeness (QED) is 0.647. The highest BCUT2D eigenvalue weighted by Crippen LogP contribution is 2.21. The van der Waals surface area contributed by atoms with Crippen molar-refractivity contribution in [2.45, 2.75) is 33.2 Å². The molecule has 0 spiro atoms. The number of rotatable bonds is 6. The van der Waals surface area contributed by atoms with Gasteiger partial charge in [-0.1, -0.05) is 19.0 Å². The number of carbonyl (C=O) groups excluding carboxylic acids is 1. The summed E-state index contributed by atoms with van der Waals surface area (Å²) in [4.78, 5) is 26.1. The Hall–Kier alpha value is -2.77. The summed E-state index contributed by atoms with van der Waals surface area (Å²) in [6, 6.07) is 5.45. The molecule has 0 saturated carbocycles. The lowest BCUT2D eigenvalue weighted by Gasteiger charge is -2.10. The van der Waals surface area contributed by atoms with Gasteiger partial charge in [0.05, 0.1) is 4.92 Å². The van der Waals surface area contributed by atoms with Gasteiger partial charge in [-0.05, 0) is 25.0 Å². The molecule has 0 radical (unpaired) electrons. The molecule has 1 heterocycles. The Morgan fingerprint density at radius 3 is 2.52 bits per heavy atom. The van der Waals surface area contributed by atoms with E-state index in [1.165, 1.54) is 12.1 Å². The van der Waals surface area contributed by atoms with Crippen LogP contribution in [-0.2, 0) is 4.79 Å². The van der Waals surface area contributed by atoms with Gasteiger partial charge >= 0.3 is 0 Å². The average molecular weight is 318 g/mol. The molecule has 1 atom stereocenters. The predicted octanol–water partition coefficient (Wildman–Crippen LogP) is 2.87. The van der Waals surface area contributed by atoms with Crippen LogP contribution < -0.4 is 5.32 Å². The maximum atomic E-state index is 11.8. The highest BCUT2D eigenvalue weighted by Gasteiger charge is 2.18. The molecule has 1 aromatic heterocycles. The number of nitrogens with one attached hydrogen (secondary N) is 1. The zero-order chi connectivity index (χ0) is 17.0. The third-order valence-corrected chi connectivity index (χ3v) is 3.12. The maximum absolute atomic E-state index is 11.8. The van der Waals surface area contributed by atoms with Gasteiger partial charge in [-0.3, -0.25) is 14.9 Å². The molecule has 0 aliphatic rings. The third kappa shape index (κ3) is 4.35. The second-order valence-electron chi connectivity index (χ2n) is 5.65. The molecule has 23 heavy (non-hydrogen) atoms. The Morgan fingerprint density at radius 1 is 1.30 bits per heavy atom. The van der Waals surface area contributed by atoms with Crippen molar-refractivity contribution in [1.29, 1.82) is 0 Å². The summed E-state index contributed by atoms with van der Waals surface area (Å²) in [5.74, 6) is 0.790.